The monoisotopic (exact) mass is 372 g/mol. The molecule has 0 aliphatic rings. The fourth-order valence-electron chi connectivity index (χ4n) is 2.05. The molecule has 2 aromatic carbocycles. The molecule has 6 heteroatoms. The summed E-state index contributed by atoms with van der Waals surface area (Å²) in [4.78, 5) is 8.34. The maximum Gasteiger partial charge on any atom is 0.135 e. The van der Waals surface area contributed by atoms with Gasteiger partial charge in [-0.15, -0.1) is 0 Å². The number of rotatable bonds is 5. The highest BCUT2D eigenvalue weighted by Crippen LogP contribution is 2.25. The van der Waals surface area contributed by atoms with E-state index < -0.39 is 0 Å². The molecule has 116 valence electrons. The predicted molar refractivity (Wildman–Crippen MR) is 93.2 cm³/mol. The van der Waals surface area contributed by atoms with Crippen LogP contribution in [0.25, 0.3) is 0 Å². The molecule has 3 aromatic rings. The number of nitrogens with zero attached hydrogens (tertiary/aromatic N) is 2. The lowest BCUT2D eigenvalue weighted by molar-refractivity contribution is 0.613. The molecule has 0 spiro atoms. The molecule has 0 radical (unpaired) electrons. The number of aromatic nitrogens is 2. The molecule has 0 aliphatic carbocycles. The van der Waals surface area contributed by atoms with Gasteiger partial charge < -0.3 is 10.6 Å². The molecule has 0 saturated heterocycles. The third kappa shape index (κ3) is 4.04. The summed E-state index contributed by atoms with van der Waals surface area (Å²) in [5.41, 5.74) is 1.50. The van der Waals surface area contributed by atoms with Crippen LogP contribution in [0.4, 0.5) is 21.7 Å². The van der Waals surface area contributed by atoms with Crippen LogP contribution in [0.1, 0.15) is 5.56 Å². The maximum atomic E-state index is 13.6. The van der Waals surface area contributed by atoms with Gasteiger partial charge >= 0.3 is 0 Å². The average Bonchev–Trinajstić information content (AvgIpc) is 2.57. The van der Waals surface area contributed by atoms with Crippen LogP contribution in [0.2, 0.25) is 0 Å². The molecular formula is C17H14BrFN4. The van der Waals surface area contributed by atoms with E-state index in [0.717, 1.165) is 10.2 Å². The van der Waals surface area contributed by atoms with Crippen LogP contribution >= 0.6 is 15.9 Å². The zero-order valence-electron chi connectivity index (χ0n) is 12.1. The van der Waals surface area contributed by atoms with Gasteiger partial charge in [0.05, 0.1) is 5.69 Å². The molecule has 23 heavy (non-hydrogen) atoms. The number of benzene rings is 2. The molecule has 0 bridgehead atoms. The molecule has 1 aromatic heterocycles. The first-order valence-corrected chi connectivity index (χ1v) is 7.82. The summed E-state index contributed by atoms with van der Waals surface area (Å²) >= 11 is 3.48. The largest absolute Gasteiger partial charge is 0.366 e. The molecule has 2 N–H and O–H groups in total. The second-order valence-corrected chi connectivity index (χ2v) is 5.69. The maximum absolute atomic E-state index is 13.6. The average molecular weight is 373 g/mol. The van der Waals surface area contributed by atoms with E-state index in [0.29, 0.717) is 23.7 Å². The highest BCUT2D eigenvalue weighted by atomic mass is 79.9. The van der Waals surface area contributed by atoms with Crippen molar-refractivity contribution in [2.45, 2.75) is 6.54 Å². The topological polar surface area (TPSA) is 49.8 Å². The summed E-state index contributed by atoms with van der Waals surface area (Å²) in [6.45, 7) is 0.359. The standard InChI is InChI=1S/C17H14BrFN4/c18-13-6-2-4-8-15(13)23-17-9-16(21-11-22-17)20-10-12-5-1-3-7-14(12)19/h1-9,11H,10H2,(H2,20,21,22,23). The van der Waals surface area contributed by atoms with Gasteiger partial charge in [0.1, 0.15) is 23.8 Å². The fourth-order valence-corrected chi connectivity index (χ4v) is 2.43. The van der Waals surface area contributed by atoms with Crippen molar-refractivity contribution in [3.8, 4) is 0 Å². The summed E-state index contributed by atoms with van der Waals surface area (Å²) in [5.74, 6) is 1.04. The molecule has 1 heterocycles. The number of para-hydroxylation sites is 1. The van der Waals surface area contributed by atoms with Gasteiger partial charge in [-0.1, -0.05) is 30.3 Å². The highest BCUT2D eigenvalue weighted by molar-refractivity contribution is 9.10. The summed E-state index contributed by atoms with van der Waals surface area (Å²) in [6.07, 6.45) is 1.46. The smallest absolute Gasteiger partial charge is 0.135 e. The second kappa shape index (κ2) is 7.19. The van der Waals surface area contributed by atoms with Crippen molar-refractivity contribution in [2.75, 3.05) is 10.6 Å². The Hall–Kier alpha value is -2.47. The minimum Gasteiger partial charge on any atom is -0.366 e. The Kier molecular flexibility index (Phi) is 4.83. The third-order valence-electron chi connectivity index (χ3n) is 3.22. The van der Waals surface area contributed by atoms with E-state index in [1.165, 1.54) is 12.4 Å². The predicted octanol–water partition coefficient (Wildman–Crippen LogP) is 4.73. The molecule has 0 amide bonds. The van der Waals surface area contributed by atoms with Crippen LogP contribution in [-0.4, -0.2) is 9.97 Å². The van der Waals surface area contributed by atoms with Gasteiger partial charge in [0.25, 0.3) is 0 Å². The number of anilines is 3. The third-order valence-corrected chi connectivity index (χ3v) is 3.91. The fraction of sp³-hybridized carbons (Fsp3) is 0.0588. The van der Waals surface area contributed by atoms with Crippen LogP contribution in [0.5, 0.6) is 0 Å². The van der Waals surface area contributed by atoms with Crippen LogP contribution in [-0.2, 0) is 6.54 Å². The number of nitrogens with one attached hydrogen (secondary N) is 2. The van der Waals surface area contributed by atoms with Gasteiger partial charge in [0.2, 0.25) is 0 Å². The lowest BCUT2D eigenvalue weighted by atomic mass is 10.2. The van der Waals surface area contributed by atoms with Crippen LogP contribution in [0, 0.1) is 5.82 Å². The molecule has 0 fully saturated rings. The van der Waals surface area contributed by atoms with Crippen LogP contribution in [0.3, 0.4) is 0 Å². The Bertz CT molecular complexity index is 810. The summed E-state index contributed by atoms with van der Waals surface area (Å²) < 4.78 is 14.6. The van der Waals surface area contributed by atoms with Gasteiger partial charge in [0.15, 0.2) is 0 Å². The van der Waals surface area contributed by atoms with Gasteiger partial charge in [-0.2, -0.15) is 0 Å². The van der Waals surface area contributed by atoms with E-state index >= 15 is 0 Å². The minimum atomic E-state index is -0.236. The van der Waals surface area contributed by atoms with Crippen LogP contribution in [0.15, 0.2) is 65.4 Å². The molecule has 0 atom stereocenters. The van der Waals surface area contributed by atoms with E-state index in [9.17, 15) is 4.39 Å². The molecule has 4 nitrogen and oxygen atoms in total. The Morgan fingerprint density at radius 3 is 2.52 bits per heavy atom. The SMILES string of the molecule is Fc1ccccc1CNc1cc(Nc2ccccc2Br)ncn1. The van der Waals surface area contributed by atoms with Crippen molar-refractivity contribution >= 4 is 33.3 Å². The molecular weight excluding hydrogens is 359 g/mol. The van der Waals surface area contributed by atoms with Gasteiger partial charge in [-0.05, 0) is 34.1 Å². The zero-order chi connectivity index (χ0) is 16.1. The van der Waals surface area contributed by atoms with E-state index in [4.69, 9.17) is 0 Å². The molecule has 0 unspecified atom stereocenters. The Labute approximate surface area is 141 Å². The molecule has 0 aliphatic heterocycles. The summed E-state index contributed by atoms with van der Waals surface area (Å²) in [6, 6.07) is 16.2. The van der Waals surface area contributed by atoms with Crippen molar-refractivity contribution in [3.05, 3.63) is 76.8 Å². The Morgan fingerprint density at radius 1 is 0.957 bits per heavy atom. The first-order chi connectivity index (χ1) is 11.2. The number of hydrogen-bond acceptors (Lipinski definition) is 4. The first-order valence-electron chi connectivity index (χ1n) is 7.03. The summed E-state index contributed by atoms with van der Waals surface area (Å²) in [5, 5.41) is 6.31. The lowest BCUT2D eigenvalue weighted by Gasteiger charge is -2.10. The normalized spacial score (nSPS) is 10.3. The van der Waals surface area contributed by atoms with Crippen molar-refractivity contribution in [2.24, 2.45) is 0 Å². The van der Waals surface area contributed by atoms with Crippen molar-refractivity contribution in [1.29, 1.82) is 0 Å². The summed E-state index contributed by atoms with van der Waals surface area (Å²) in [7, 11) is 0. The number of hydrogen-bond donors (Lipinski definition) is 2. The van der Waals surface area contributed by atoms with E-state index in [2.05, 4.69) is 36.5 Å². The zero-order valence-corrected chi connectivity index (χ0v) is 13.7. The second-order valence-electron chi connectivity index (χ2n) is 4.84. The van der Waals surface area contributed by atoms with Crippen molar-refractivity contribution in [3.63, 3.8) is 0 Å². The highest BCUT2D eigenvalue weighted by Gasteiger charge is 2.04. The minimum absolute atomic E-state index is 0.236. The van der Waals surface area contributed by atoms with Gasteiger partial charge in [-0.25, -0.2) is 14.4 Å². The first kappa shape index (κ1) is 15.4. The van der Waals surface area contributed by atoms with E-state index in [1.54, 1.807) is 24.3 Å². The van der Waals surface area contributed by atoms with Crippen molar-refractivity contribution < 1.29 is 4.39 Å². The molecule has 3 rings (SSSR count). The van der Waals surface area contributed by atoms with E-state index in [1.807, 2.05) is 24.3 Å². The quantitative estimate of drug-likeness (QED) is 0.679. The molecule has 0 saturated carbocycles. The van der Waals surface area contributed by atoms with Crippen molar-refractivity contribution in [1.82, 2.24) is 9.97 Å². The van der Waals surface area contributed by atoms with Gasteiger partial charge in [0, 0.05) is 22.6 Å². The number of halogens is 2. The Morgan fingerprint density at radius 2 is 1.70 bits per heavy atom. The van der Waals surface area contributed by atoms with E-state index in [-0.39, 0.29) is 5.82 Å². The Balaban J connectivity index is 1.70. The lowest BCUT2D eigenvalue weighted by Crippen LogP contribution is -2.04. The van der Waals surface area contributed by atoms with Gasteiger partial charge in [-0.3, -0.25) is 0 Å². The van der Waals surface area contributed by atoms with Crippen LogP contribution < -0.4 is 10.6 Å².